The molecule has 1 aliphatic carbocycles. The lowest BCUT2D eigenvalue weighted by Crippen LogP contribution is -2.58. The molecule has 6 heteroatoms. The number of hydrogen-bond acceptors (Lipinski definition) is 3. The first-order valence-corrected chi connectivity index (χ1v) is 9.37. The van der Waals surface area contributed by atoms with Crippen molar-refractivity contribution in [3.05, 3.63) is 0 Å². The third-order valence-corrected chi connectivity index (χ3v) is 7.17. The zero-order chi connectivity index (χ0) is 14.6. The van der Waals surface area contributed by atoms with Crippen molar-refractivity contribution < 1.29 is 8.42 Å². The molecule has 0 amide bonds. The van der Waals surface area contributed by atoms with Gasteiger partial charge in [-0.25, -0.2) is 0 Å². The Kier molecular flexibility index (Phi) is 5.45. The summed E-state index contributed by atoms with van der Waals surface area (Å²) in [5.74, 6) is 0. The van der Waals surface area contributed by atoms with Crippen LogP contribution in [0.15, 0.2) is 0 Å². The molecule has 0 aromatic carbocycles. The maximum Gasteiger partial charge on any atom is 0.282 e. The monoisotopic (exact) mass is 303 g/mol. The summed E-state index contributed by atoms with van der Waals surface area (Å²) in [5.41, 5.74) is 5.61. The van der Waals surface area contributed by atoms with Crippen LogP contribution in [0.25, 0.3) is 0 Å². The van der Waals surface area contributed by atoms with Crippen LogP contribution < -0.4 is 5.73 Å². The summed E-state index contributed by atoms with van der Waals surface area (Å²) < 4.78 is 29.1. The molecule has 1 saturated carbocycles. The van der Waals surface area contributed by atoms with Crippen molar-refractivity contribution in [1.29, 1.82) is 0 Å². The maximum atomic E-state index is 12.9. The Balaban J connectivity index is 2.17. The average Bonchev–Trinajstić information content (AvgIpc) is 2.76. The van der Waals surface area contributed by atoms with Gasteiger partial charge in [0, 0.05) is 32.2 Å². The van der Waals surface area contributed by atoms with E-state index in [2.05, 4.69) is 0 Å². The molecule has 0 unspecified atom stereocenters. The highest BCUT2D eigenvalue weighted by atomic mass is 32.2. The van der Waals surface area contributed by atoms with Gasteiger partial charge in [-0.15, -0.1) is 0 Å². The van der Waals surface area contributed by atoms with Gasteiger partial charge in [-0.3, -0.25) is 0 Å². The van der Waals surface area contributed by atoms with Gasteiger partial charge in [-0.1, -0.05) is 32.1 Å². The first-order valence-electron chi connectivity index (χ1n) is 7.97. The summed E-state index contributed by atoms with van der Waals surface area (Å²) in [4.78, 5) is 0. The quantitative estimate of drug-likeness (QED) is 0.859. The van der Waals surface area contributed by atoms with E-state index in [4.69, 9.17) is 5.73 Å². The fourth-order valence-corrected chi connectivity index (χ4v) is 5.36. The molecule has 5 nitrogen and oxygen atoms in total. The molecule has 0 bridgehead atoms. The van der Waals surface area contributed by atoms with E-state index in [0.717, 1.165) is 51.4 Å². The summed E-state index contributed by atoms with van der Waals surface area (Å²) >= 11 is 0. The lowest BCUT2D eigenvalue weighted by Gasteiger charge is -2.44. The van der Waals surface area contributed by atoms with Gasteiger partial charge in [0.2, 0.25) is 0 Å². The number of nitrogens with zero attached hydrogens (tertiary/aromatic N) is 2. The smallest absolute Gasteiger partial charge is 0.282 e. The van der Waals surface area contributed by atoms with Crippen LogP contribution in [0.2, 0.25) is 0 Å². The zero-order valence-corrected chi connectivity index (χ0v) is 13.5. The van der Waals surface area contributed by atoms with E-state index in [1.165, 1.54) is 6.42 Å². The summed E-state index contributed by atoms with van der Waals surface area (Å²) in [6.45, 7) is 1.75. The highest BCUT2D eigenvalue weighted by molar-refractivity contribution is 7.86. The Bertz CT molecular complexity index is 397. The minimum Gasteiger partial charge on any atom is -0.329 e. The van der Waals surface area contributed by atoms with Crippen molar-refractivity contribution in [3.63, 3.8) is 0 Å². The fourth-order valence-electron chi connectivity index (χ4n) is 3.55. The van der Waals surface area contributed by atoms with Crippen molar-refractivity contribution in [2.24, 2.45) is 5.73 Å². The third kappa shape index (κ3) is 3.18. The second-order valence-corrected chi connectivity index (χ2v) is 8.24. The van der Waals surface area contributed by atoms with Gasteiger partial charge in [0.15, 0.2) is 0 Å². The maximum absolute atomic E-state index is 12.9. The molecule has 20 heavy (non-hydrogen) atoms. The van der Waals surface area contributed by atoms with Gasteiger partial charge >= 0.3 is 0 Å². The normalized spacial score (nSPS) is 25.6. The molecular weight excluding hydrogens is 274 g/mol. The lowest BCUT2D eigenvalue weighted by molar-refractivity contribution is 0.150. The average molecular weight is 303 g/mol. The van der Waals surface area contributed by atoms with Crippen molar-refractivity contribution in [2.75, 3.05) is 26.7 Å². The van der Waals surface area contributed by atoms with Gasteiger partial charge in [0.05, 0.1) is 0 Å². The second kappa shape index (κ2) is 6.73. The summed E-state index contributed by atoms with van der Waals surface area (Å²) in [7, 11) is -1.63. The first-order chi connectivity index (χ1) is 9.53. The van der Waals surface area contributed by atoms with Crippen LogP contribution in [0.5, 0.6) is 0 Å². The Hall–Kier alpha value is -0.170. The van der Waals surface area contributed by atoms with Gasteiger partial charge in [0.25, 0.3) is 10.2 Å². The molecule has 0 radical (unpaired) electrons. The van der Waals surface area contributed by atoms with Crippen molar-refractivity contribution in [2.45, 2.75) is 63.3 Å². The SMILES string of the molecule is CN(C1(CN)CCCCC1)S(=O)(=O)N1CCCCCC1. The number of rotatable bonds is 4. The van der Waals surface area contributed by atoms with E-state index in [1.54, 1.807) is 15.7 Å². The molecule has 1 saturated heterocycles. The van der Waals surface area contributed by atoms with Crippen LogP contribution in [0.3, 0.4) is 0 Å². The molecule has 0 spiro atoms. The lowest BCUT2D eigenvalue weighted by atomic mass is 9.82. The minimum atomic E-state index is -3.37. The molecule has 2 aliphatic rings. The second-order valence-electron chi connectivity index (χ2n) is 6.28. The Morgan fingerprint density at radius 2 is 1.50 bits per heavy atom. The minimum absolute atomic E-state index is 0.358. The standard InChI is InChI=1S/C14H29N3O2S/c1-16(14(13-15)9-5-4-6-10-14)20(18,19)17-11-7-2-3-8-12-17/h2-13,15H2,1H3. The molecule has 1 aliphatic heterocycles. The van der Waals surface area contributed by atoms with Crippen molar-refractivity contribution >= 4 is 10.2 Å². The molecular formula is C14H29N3O2S. The van der Waals surface area contributed by atoms with Crippen molar-refractivity contribution in [3.8, 4) is 0 Å². The predicted octanol–water partition coefficient (Wildman–Crippen LogP) is 1.70. The van der Waals surface area contributed by atoms with E-state index in [9.17, 15) is 8.42 Å². The van der Waals surface area contributed by atoms with Gasteiger partial charge in [-0.05, 0) is 25.7 Å². The van der Waals surface area contributed by atoms with Gasteiger partial charge in [0.1, 0.15) is 0 Å². The summed E-state index contributed by atoms with van der Waals surface area (Å²) in [5, 5.41) is 0. The van der Waals surface area contributed by atoms with Crippen LogP contribution >= 0.6 is 0 Å². The summed E-state index contributed by atoms with van der Waals surface area (Å²) in [6.07, 6.45) is 9.37. The topological polar surface area (TPSA) is 66.6 Å². The molecule has 0 atom stereocenters. The summed E-state index contributed by atoms with van der Waals surface area (Å²) in [6, 6.07) is 0. The van der Waals surface area contributed by atoms with Crippen LogP contribution in [-0.4, -0.2) is 49.2 Å². The largest absolute Gasteiger partial charge is 0.329 e. The van der Waals surface area contributed by atoms with Crippen LogP contribution in [0.1, 0.15) is 57.8 Å². The van der Waals surface area contributed by atoms with E-state index < -0.39 is 10.2 Å². The van der Waals surface area contributed by atoms with E-state index in [1.807, 2.05) is 0 Å². The highest BCUT2D eigenvalue weighted by Crippen LogP contribution is 2.34. The van der Waals surface area contributed by atoms with E-state index in [-0.39, 0.29) is 5.54 Å². The molecule has 118 valence electrons. The zero-order valence-electron chi connectivity index (χ0n) is 12.7. The van der Waals surface area contributed by atoms with Gasteiger partial charge < -0.3 is 5.73 Å². The van der Waals surface area contributed by atoms with Crippen LogP contribution in [-0.2, 0) is 10.2 Å². The van der Waals surface area contributed by atoms with Crippen LogP contribution in [0, 0.1) is 0 Å². The molecule has 2 rings (SSSR count). The highest BCUT2D eigenvalue weighted by Gasteiger charge is 2.43. The number of likely N-dealkylation sites (N-methyl/N-ethyl adjacent to an activating group) is 1. The Labute approximate surface area is 123 Å². The van der Waals surface area contributed by atoms with E-state index >= 15 is 0 Å². The molecule has 2 fully saturated rings. The number of nitrogens with two attached hydrogens (primary N) is 1. The van der Waals surface area contributed by atoms with E-state index in [0.29, 0.717) is 19.6 Å². The molecule has 0 aromatic rings. The molecule has 0 aromatic heterocycles. The predicted molar refractivity (Wildman–Crippen MR) is 81.6 cm³/mol. The van der Waals surface area contributed by atoms with Gasteiger partial charge in [-0.2, -0.15) is 17.0 Å². The number of hydrogen-bond donors (Lipinski definition) is 1. The molecule has 1 heterocycles. The Morgan fingerprint density at radius 1 is 1.00 bits per heavy atom. The third-order valence-electron chi connectivity index (χ3n) is 5.07. The fraction of sp³-hybridized carbons (Fsp3) is 1.00. The van der Waals surface area contributed by atoms with Crippen molar-refractivity contribution in [1.82, 2.24) is 8.61 Å². The molecule has 2 N–H and O–H groups in total. The van der Waals surface area contributed by atoms with Crippen LogP contribution in [0.4, 0.5) is 0 Å². The Morgan fingerprint density at radius 3 is 2.00 bits per heavy atom. The first kappa shape index (κ1) is 16.2.